The number of benzene rings is 8. The zero-order chi connectivity index (χ0) is 54.7. The topological polar surface area (TPSA) is 129 Å². The van der Waals surface area contributed by atoms with Crippen LogP contribution in [0, 0.1) is 0 Å². The van der Waals surface area contributed by atoms with E-state index >= 15 is 0 Å². The Labute approximate surface area is 471 Å². The van der Waals surface area contributed by atoms with Crippen molar-refractivity contribution in [2.45, 2.75) is 6.55 Å². The van der Waals surface area contributed by atoms with E-state index in [0.29, 0.717) is 0 Å². The first-order valence-corrected chi connectivity index (χ1v) is 40.3. The average Bonchev–Trinajstić information content (AvgIpc) is 3.53. The molecule has 8 aromatic carbocycles. The lowest BCUT2D eigenvalue weighted by molar-refractivity contribution is 0.167. The van der Waals surface area contributed by atoms with Gasteiger partial charge in [-0.05, 0) is 48.0 Å². The summed E-state index contributed by atoms with van der Waals surface area (Å²) in [5.41, 5.74) is 0. The number of hydrogen-bond donors (Lipinski definition) is 0. The molecule has 0 amide bonds. The molecular weight excluding hydrogens is 1140 g/mol. The summed E-state index contributed by atoms with van der Waals surface area (Å²) in [5, 5.41) is 6.25. The van der Waals surface area contributed by atoms with Crippen molar-refractivity contribution in [3.8, 4) is 0 Å². The fourth-order valence-electron chi connectivity index (χ4n) is 9.08. The first kappa shape index (κ1) is 59.3. The number of hydrogen-bond acceptors (Lipinski definition) is 14. The van der Waals surface area contributed by atoms with E-state index in [1.807, 2.05) is 249 Å². The second kappa shape index (κ2) is 29.0. The van der Waals surface area contributed by atoms with Crippen molar-refractivity contribution in [1.82, 2.24) is 0 Å². The molecule has 1 atom stereocenters. The Hall–Kier alpha value is -4.85. The second-order valence-electron chi connectivity index (χ2n) is 17.5. The van der Waals surface area contributed by atoms with Crippen LogP contribution in [-0.4, -0.2) is 124 Å². The molecule has 0 aliphatic carbocycles. The van der Waals surface area contributed by atoms with Crippen LogP contribution in [-0.2, 0) is 59.5 Å². The number of rotatable bonds is 30. The average molecular weight is 1200 g/mol. The van der Waals surface area contributed by atoms with E-state index < -0.39 is 81.6 Å². The zero-order valence-corrected chi connectivity index (χ0v) is 54.5. The van der Waals surface area contributed by atoms with E-state index in [4.69, 9.17) is 59.5 Å². The molecule has 0 radical (unpaired) electrons. The highest BCUT2D eigenvalue weighted by atomic mass is 28.5. The fraction of sp³-hybridized carbons (Fsp3) is 0.127. The van der Waals surface area contributed by atoms with Gasteiger partial charge < -0.3 is 59.5 Å². The molecular formula is C55H66O14Si9. The minimum atomic E-state index is -4.25. The molecule has 406 valence electrons. The Morgan fingerprint density at radius 1 is 0.205 bits per heavy atom. The highest BCUT2D eigenvalue weighted by Gasteiger charge is 2.58. The van der Waals surface area contributed by atoms with Crippen LogP contribution >= 0.6 is 0 Å². The van der Waals surface area contributed by atoms with Gasteiger partial charge in [-0.1, -0.05) is 243 Å². The van der Waals surface area contributed by atoms with Crippen molar-refractivity contribution in [3.05, 3.63) is 243 Å². The molecule has 8 rings (SSSR count). The van der Waals surface area contributed by atoms with Crippen molar-refractivity contribution < 1.29 is 59.5 Å². The third kappa shape index (κ3) is 13.8. The van der Waals surface area contributed by atoms with Crippen LogP contribution in [0.15, 0.2) is 243 Å². The molecule has 0 aliphatic rings. The zero-order valence-electron chi connectivity index (χ0n) is 44.7. The van der Waals surface area contributed by atoms with Crippen LogP contribution < -0.4 is 41.5 Å². The van der Waals surface area contributed by atoms with Crippen LogP contribution in [0.3, 0.4) is 0 Å². The van der Waals surface area contributed by atoms with Gasteiger partial charge in [-0.2, -0.15) is 0 Å². The molecule has 0 spiro atoms. The Kier molecular flexibility index (Phi) is 22.1. The summed E-state index contributed by atoms with van der Waals surface area (Å²) in [5.74, 6) is 0. The smallest absolute Gasteiger partial charge is 0.411 e. The van der Waals surface area contributed by atoms with E-state index in [1.54, 1.807) is 42.7 Å². The molecule has 0 saturated heterocycles. The van der Waals surface area contributed by atoms with E-state index in [1.165, 1.54) is 0 Å². The predicted octanol–water partition coefficient (Wildman–Crippen LogP) is 2.74. The molecule has 1 unspecified atom stereocenters. The maximum Gasteiger partial charge on any atom is 0.475 e. The summed E-state index contributed by atoms with van der Waals surface area (Å²) >= 11 is 0. The lowest BCUT2D eigenvalue weighted by Crippen LogP contribution is -2.76. The van der Waals surface area contributed by atoms with E-state index in [2.05, 4.69) is 0 Å². The lowest BCUT2D eigenvalue weighted by atomic mass is 10.4. The second-order valence-corrected chi connectivity index (χ2v) is 40.8. The largest absolute Gasteiger partial charge is 0.475 e. The minimum Gasteiger partial charge on any atom is -0.411 e. The van der Waals surface area contributed by atoms with Gasteiger partial charge in [0.1, 0.15) is 0 Å². The van der Waals surface area contributed by atoms with Gasteiger partial charge in [-0.25, -0.2) is 0 Å². The Bertz CT molecular complexity index is 2690. The van der Waals surface area contributed by atoms with Gasteiger partial charge in [0, 0.05) is 42.7 Å². The molecule has 23 heteroatoms. The van der Waals surface area contributed by atoms with Crippen molar-refractivity contribution in [3.63, 3.8) is 0 Å². The first-order valence-electron chi connectivity index (χ1n) is 25.2. The van der Waals surface area contributed by atoms with Gasteiger partial charge in [-0.15, -0.1) is 0 Å². The summed E-state index contributed by atoms with van der Waals surface area (Å²) < 4.78 is 97.9. The molecule has 0 aliphatic heterocycles. The van der Waals surface area contributed by atoms with Crippen molar-refractivity contribution in [1.29, 1.82) is 0 Å². The lowest BCUT2D eigenvalue weighted by Gasteiger charge is -2.44. The van der Waals surface area contributed by atoms with Crippen LogP contribution in [0.25, 0.3) is 0 Å². The molecule has 78 heavy (non-hydrogen) atoms. The molecule has 0 fully saturated rings. The third-order valence-electron chi connectivity index (χ3n) is 12.6. The SMILES string of the molecule is CO[SiH](OC)O[Si](O[SiH](C)O[Si](O[SiH](O[Si](O[SiH](OC)OC)(c1ccccc1)c1ccccc1)O[Si](O[SiH](OC)OC)(c1ccccc1)c1ccccc1)(c1ccccc1)c1ccccc1)(c1ccccc1)c1ccccc1. The van der Waals surface area contributed by atoms with Crippen LogP contribution in [0.4, 0.5) is 0 Å². The van der Waals surface area contributed by atoms with Gasteiger partial charge in [0.15, 0.2) is 0 Å². The predicted molar refractivity (Wildman–Crippen MR) is 324 cm³/mol. The molecule has 14 nitrogen and oxygen atoms in total. The van der Waals surface area contributed by atoms with Gasteiger partial charge in [0.25, 0.3) is 0 Å². The van der Waals surface area contributed by atoms with Crippen LogP contribution in [0.1, 0.15) is 0 Å². The van der Waals surface area contributed by atoms with Gasteiger partial charge in [0.05, 0.1) is 0 Å². The maximum atomic E-state index is 8.20. The maximum absolute atomic E-state index is 8.20. The Balaban J connectivity index is 1.43. The van der Waals surface area contributed by atoms with E-state index in [-0.39, 0.29) is 0 Å². The summed E-state index contributed by atoms with van der Waals surface area (Å²) in [4.78, 5) is 0. The van der Waals surface area contributed by atoms with Crippen LogP contribution in [0.2, 0.25) is 6.55 Å². The highest BCUT2D eigenvalue weighted by molar-refractivity contribution is 7.04. The Morgan fingerprint density at radius 3 is 0.500 bits per heavy atom. The Morgan fingerprint density at radius 2 is 0.346 bits per heavy atom. The molecule has 8 aromatic rings. The normalized spacial score (nSPS) is 12.9. The quantitative estimate of drug-likeness (QED) is 0.0613. The van der Waals surface area contributed by atoms with Crippen molar-refractivity contribution >= 4 is 123 Å². The first-order chi connectivity index (χ1) is 38.2. The fourth-order valence-corrected chi connectivity index (χ4v) is 42.7. The molecule has 0 aromatic heterocycles. The standard InChI is InChI=1S/C55H66O14Si9/c1-56-71(57-2)64-75(48-32-16-8-17-33-48,49-34-18-9-19-35-49)62-70(7)63-76(50-36-20-10-21-37-50,51-38-22-11-23-39-51)67-74(68-77(65-72(58-3)59-4,52-40-24-12-25-41-52)53-42-26-13-27-43-53)69-78(66-73(60-5)61-6,54-44-28-14-29-45-54)55-46-30-15-31-47-55/h8-47,70-74H,1-7H3. The molecule has 0 heterocycles. The van der Waals surface area contributed by atoms with Gasteiger partial charge in [-0.3, -0.25) is 0 Å². The van der Waals surface area contributed by atoms with Gasteiger partial charge >= 0.3 is 81.6 Å². The summed E-state index contributed by atoms with van der Waals surface area (Å²) in [6.45, 7) is 2.01. The van der Waals surface area contributed by atoms with Crippen molar-refractivity contribution in [2.24, 2.45) is 0 Å². The van der Waals surface area contributed by atoms with Crippen LogP contribution in [0.5, 0.6) is 0 Å². The van der Waals surface area contributed by atoms with Gasteiger partial charge in [0.2, 0.25) is 0 Å². The summed E-state index contributed by atoms with van der Waals surface area (Å²) in [7, 11) is -22.6. The highest BCUT2D eigenvalue weighted by Crippen LogP contribution is 2.25. The summed E-state index contributed by atoms with van der Waals surface area (Å²) in [6.07, 6.45) is 0. The molecule has 0 bridgehead atoms. The molecule has 0 saturated carbocycles. The van der Waals surface area contributed by atoms with E-state index in [9.17, 15) is 0 Å². The summed E-state index contributed by atoms with van der Waals surface area (Å²) in [6, 6.07) is 79.5. The minimum absolute atomic E-state index is 0.758. The third-order valence-corrected chi connectivity index (χ3v) is 41.6. The van der Waals surface area contributed by atoms with Crippen molar-refractivity contribution in [2.75, 3.05) is 42.7 Å². The molecule has 0 N–H and O–H groups in total. The van der Waals surface area contributed by atoms with E-state index in [0.717, 1.165) is 41.5 Å². The monoisotopic (exact) mass is 1200 g/mol.